The number of nitrogen functional groups attached to an aromatic ring is 1. The molecule has 0 amide bonds. The predicted molar refractivity (Wildman–Crippen MR) is 55.2 cm³/mol. The van der Waals surface area contributed by atoms with E-state index in [-0.39, 0.29) is 5.75 Å². The molecular weight excluding hydrogens is 183 g/mol. The van der Waals surface area contributed by atoms with E-state index in [0.717, 1.165) is 5.57 Å². The molecule has 0 bridgehead atoms. The quantitative estimate of drug-likeness (QED) is 0.708. The van der Waals surface area contributed by atoms with Gasteiger partial charge in [0.1, 0.15) is 0 Å². The highest BCUT2D eigenvalue weighted by Crippen LogP contribution is 2.28. The summed E-state index contributed by atoms with van der Waals surface area (Å²) < 4.78 is 18.1. The monoisotopic (exact) mass is 196 g/mol. The van der Waals surface area contributed by atoms with Crippen LogP contribution in [0, 0.1) is 5.82 Å². The van der Waals surface area contributed by atoms with Crippen molar-refractivity contribution in [1.82, 2.24) is 0 Å². The van der Waals surface area contributed by atoms with Crippen molar-refractivity contribution in [2.45, 2.75) is 6.92 Å². The van der Waals surface area contributed by atoms with Crippen LogP contribution in [-0.2, 0) is 0 Å². The van der Waals surface area contributed by atoms with Crippen molar-refractivity contribution in [3.05, 3.63) is 29.7 Å². The lowest BCUT2D eigenvalue weighted by atomic mass is 10.1. The molecule has 0 aromatic heterocycles. The molecule has 0 heterocycles. The standard InChI is InChI=1S/C10H13FN2O/c1-6(5-12)7-3-8(11)10(14-2)4-9(7)13/h3-5H,12-13H2,1-2H3/b6-5-. The van der Waals surface area contributed by atoms with Crippen LogP contribution >= 0.6 is 0 Å². The molecule has 14 heavy (non-hydrogen) atoms. The molecule has 0 fully saturated rings. The molecule has 0 aliphatic heterocycles. The molecule has 76 valence electrons. The van der Waals surface area contributed by atoms with Gasteiger partial charge in [-0.25, -0.2) is 4.39 Å². The first kappa shape index (κ1) is 10.4. The van der Waals surface area contributed by atoms with Crippen LogP contribution in [0.3, 0.4) is 0 Å². The third kappa shape index (κ3) is 1.79. The lowest BCUT2D eigenvalue weighted by Gasteiger charge is -2.08. The van der Waals surface area contributed by atoms with Gasteiger partial charge in [-0.1, -0.05) is 0 Å². The number of benzene rings is 1. The van der Waals surface area contributed by atoms with Crippen LogP contribution < -0.4 is 16.2 Å². The van der Waals surface area contributed by atoms with Crippen LogP contribution in [0.1, 0.15) is 12.5 Å². The Morgan fingerprint density at radius 1 is 1.50 bits per heavy atom. The Balaban J connectivity index is 3.29. The minimum absolute atomic E-state index is 0.135. The van der Waals surface area contributed by atoms with E-state index in [2.05, 4.69) is 0 Å². The average molecular weight is 196 g/mol. The Labute approximate surface area is 82.2 Å². The average Bonchev–Trinajstić information content (AvgIpc) is 2.19. The Hall–Kier alpha value is -1.71. The van der Waals surface area contributed by atoms with Crippen LogP contribution in [0.15, 0.2) is 18.3 Å². The van der Waals surface area contributed by atoms with E-state index < -0.39 is 5.82 Å². The molecule has 0 unspecified atom stereocenters. The van der Waals surface area contributed by atoms with Gasteiger partial charge in [-0.2, -0.15) is 0 Å². The maximum atomic E-state index is 13.3. The second-order valence-electron chi connectivity index (χ2n) is 2.92. The van der Waals surface area contributed by atoms with E-state index in [1.807, 2.05) is 0 Å². The topological polar surface area (TPSA) is 61.3 Å². The van der Waals surface area contributed by atoms with Crippen molar-refractivity contribution >= 4 is 11.3 Å². The van der Waals surface area contributed by atoms with Crippen molar-refractivity contribution in [2.75, 3.05) is 12.8 Å². The molecule has 0 aliphatic rings. The maximum Gasteiger partial charge on any atom is 0.165 e. The summed E-state index contributed by atoms with van der Waals surface area (Å²) in [5.74, 6) is -0.311. The number of nitrogens with two attached hydrogens (primary N) is 2. The lowest BCUT2D eigenvalue weighted by Crippen LogP contribution is -1.98. The highest BCUT2D eigenvalue weighted by Gasteiger charge is 2.08. The Bertz CT molecular complexity index is 375. The first-order valence-electron chi connectivity index (χ1n) is 4.12. The molecule has 0 aliphatic carbocycles. The number of rotatable bonds is 2. The highest BCUT2D eigenvalue weighted by atomic mass is 19.1. The molecule has 0 saturated carbocycles. The zero-order chi connectivity index (χ0) is 10.7. The summed E-state index contributed by atoms with van der Waals surface area (Å²) in [6, 6.07) is 2.75. The highest BCUT2D eigenvalue weighted by molar-refractivity contribution is 5.74. The molecular formula is C10H13FN2O. The number of halogens is 1. The SMILES string of the molecule is COc1cc(N)c(/C(C)=C\N)cc1F. The van der Waals surface area contributed by atoms with Gasteiger partial charge in [-0.05, 0) is 24.8 Å². The normalized spacial score (nSPS) is 11.5. The zero-order valence-electron chi connectivity index (χ0n) is 8.17. The molecule has 1 rings (SSSR count). The minimum Gasteiger partial charge on any atom is -0.494 e. The third-order valence-electron chi connectivity index (χ3n) is 2.00. The molecule has 1 aromatic carbocycles. The van der Waals surface area contributed by atoms with Crippen LogP contribution in [0.2, 0.25) is 0 Å². The van der Waals surface area contributed by atoms with Crippen LogP contribution in [-0.4, -0.2) is 7.11 Å². The second kappa shape index (κ2) is 4.00. The van der Waals surface area contributed by atoms with Gasteiger partial charge in [0.05, 0.1) is 7.11 Å². The Kier molecular flexibility index (Phi) is 2.96. The molecule has 1 aromatic rings. The number of methoxy groups -OCH3 is 1. The molecule has 3 nitrogen and oxygen atoms in total. The zero-order valence-corrected chi connectivity index (χ0v) is 8.17. The predicted octanol–water partition coefficient (Wildman–Crippen LogP) is 1.74. The van der Waals surface area contributed by atoms with E-state index in [1.165, 1.54) is 25.4 Å². The number of hydrogen-bond donors (Lipinski definition) is 2. The first-order chi connectivity index (χ1) is 6.60. The summed E-state index contributed by atoms with van der Waals surface area (Å²) in [4.78, 5) is 0. The van der Waals surface area contributed by atoms with Crippen LogP contribution in [0.4, 0.5) is 10.1 Å². The van der Waals surface area contributed by atoms with Gasteiger partial charge in [0.15, 0.2) is 11.6 Å². The maximum absolute atomic E-state index is 13.3. The fraction of sp³-hybridized carbons (Fsp3) is 0.200. The fourth-order valence-electron chi connectivity index (χ4n) is 1.16. The van der Waals surface area contributed by atoms with Crippen LogP contribution in [0.25, 0.3) is 5.57 Å². The molecule has 0 atom stereocenters. The van der Waals surface area contributed by atoms with Gasteiger partial charge in [0.25, 0.3) is 0 Å². The van der Waals surface area contributed by atoms with Crippen molar-refractivity contribution in [3.63, 3.8) is 0 Å². The summed E-state index contributed by atoms with van der Waals surface area (Å²) in [6.45, 7) is 1.76. The fourth-order valence-corrected chi connectivity index (χ4v) is 1.16. The van der Waals surface area contributed by atoms with Crippen molar-refractivity contribution in [1.29, 1.82) is 0 Å². The van der Waals surface area contributed by atoms with Crippen molar-refractivity contribution in [2.24, 2.45) is 5.73 Å². The number of hydrogen-bond acceptors (Lipinski definition) is 3. The van der Waals surface area contributed by atoms with Gasteiger partial charge in [-0.3, -0.25) is 0 Å². The first-order valence-corrected chi connectivity index (χ1v) is 4.12. The van der Waals surface area contributed by atoms with Gasteiger partial charge in [-0.15, -0.1) is 0 Å². The van der Waals surface area contributed by atoms with Crippen molar-refractivity contribution < 1.29 is 9.13 Å². The largest absolute Gasteiger partial charge is 0.494 e. The molecule has 4 heteroatoms. The van der Waals surface area contributed by atoms with E-state index in [1.54, 1.807) is 6.92 Å². The number of allylic oxidation sites excluding steroid dienone is 1. The van der Waals surface area contributed by atoms with E-state index in [0.29, 0.717) is 11.3 Å². The molecule has 0 spiro atoms. The molecule has 0 saturated heterocycles. The molecule has 0 radical (unpaired) electrons. The van der Waals surface area contributed by atoms with E-state index >= 15 is 0 Å². The third-order valence-corrected chi connectivity index (χ3v) is 2.00. The minimum atomic E-state index is -0.446. The summed E-state index contributed by atoms with van der Waals surface area (Å²) >= 11 is 0. The second-order valence-corrected chi connectivity index (χ2v) is 2.92. The smallest absolute Gasteiger partial charge is 0.165 e. The van der Waals surface area contributed by atoms with E-state index in [4.69, 9.17) is 16.2 Å². The van der Waals surface area contributed by atoms with Gasteiger partial charge >= 0.3 is 0 Å². The van der Waals surface area contributed by atoms with Gasteiger partial charge in [0.2, 0.25) is 0 Å². The summed E-state index contributed by atoms with van der Waals surface area (Å²) in [5.41, 5.74) is 12.8. The Morgan fingerprint density at radius 2 is 2.14 bits per heavy atom. The number of ether oxygens (including phenoxy) is 1. The van der Waals surface area contributed by atoms with Gasteiger partial charge < -0.3 is 16.2 Å². The number of anilines is 1. The summed E-state index contributed by atoms with van der Waals surface area (Å²) in [5, 5.41) is 0. The van der Waals surface area contributed by atoms with Gasteiger partial charge in [0, 0.05) is 17.3 Å². The van der Waals surface area contributed by atoms with E-state index in [9.17, 15) is 4.39 Å². The summed E-state index contributed by atoms with van der Waals surface area (Å²) in [7, 11) is 1.39. The molecule has 4 N–H and O–H groups in total. The Morgan fingerprint density at radius 3 is 2.64 bits per heavy atom. The van der Waals surface area contributed by atoms with Crippen molar-refractivity contribution in [3.8, 4) is 5.75 Å². The summed E-state index contributed by atoms with van der Waals surface area (Å²) in [6.07, 6.45) is 1.39. The van der Waals surface area contributed by atoms with Crippen LogP contribution in [0.5, 0.6) is 5.75 Å². The lowest BCUT2D eigenvalue weighted by molar-refractivity contribution is 0.387.